The van der Waals surface area contributed by atoms with Crippen molar-refractivity contribution in [2.45, 2.75) is 20.5 Å². The molecule has 0 saturated heterocycles. The average Bonchev–Trinajstić information content (AvgIpc) is 2.51. The number of guanidine groups is 1. The van der Waals surface area contributed by atoms with Crippen molar-refractivity contribution in [1.82, 2.24) is 10.6 Å². The van der Waals surface area contributed by atoms with E-state index in [-0.39, 0.29) is 6.61 Å². The Morgan fingerprint density at radius 2 is 2.05 bits per heavy atom. The largest absolute Gasteiger partial charge is 0.395 e. The first-order chi connectivity index (χ1) is 10.3. The van der Waals surface area contributed by atoms with Crippen molar-refractivity contribution in [3.63, 3.8) is 0 Å². The zero-order chi connectivity index (χ0) is 15.3. The van der Waals surface area contributed by atoms with Crippen LogP contribution >= 0.6 is 0 Å². The van der Waals surface area contributed by atoms with E-state index in [9.17, 15) is 0 Å². The van der Waals surface area contributed by atoms with E-state index >= 15 is 0 Å². The second-order valence-electron chi connectivity index (χ2n) is 4.98. The second kappa shape index (κ2) is 11.1. The summed E-state index contributed by atoms with van der Waals surface area (Å²) in [5.74, 6) is 1.08. The van der Waals surface area contributed by atoms with Gasteiger partial charge in [-0.1, -0.05) is 37.3 Å². The van der Waals surface area contributed by atoms with Gasteiger partial charge in [0.2, 0.25) is 0 Å². The third kappa shape index (κ3) is 8.32. The molecule has 118 valence electrons. The van der Waals surface area contributed by atoms with Crippen LogP contribution in [0.25, 0.3) is 0 Å². The van der Waals surface area contributed by atoms with Crippen LogP contribution in [-0.2, 0) is 11.3 Å². The van der Waals surface area contributed by atoms with Crippen LogP contribution in [0.4, 0.5) is 0 Å². The molecule has 0 amide bonds. The van der Waals surface area contributed by atoms with Gasteiger partial charge >= 0.3 is 0 Å². The number of hydrogen-bond donors (Lipinski definition) is 3. The van der Waals surface area contributed by atoms with Gasteiger partial charge in [0.15, 0.2) is 5.96 Å². The first kappa shape index (κ1) is 17.5. The Labute approximate surface area is 127 Å². The molecule has 0 aliphatic carbocycles. The highest BCUT2D eigenvalue weighted by atomic mass is 16.5. The van der Waals surface area contributed by atoms with Gasteiger partial charge in [-0.2, -0.15) is 0 Å². The zero-order valence-corrected chi connectivity index (χ0v) is 13.0. The smallest absolute Gasteiger partial charge is 0.191 e. The second-order valence-corrected chi connectivity index (χ2v) is 4.98. The first-order valence-corrected chi connectivity index (χ1v) is 7.51. The molecule has 1 aromatic carbocycles. The Hall–Kier alpha value is -1.59. The lowest BCUT2D eigenvalue weighted by Crippen LogP contribution is -2.39. The van der Waals surface area contributed by atoms with Crippen molar-refractivity contribution in [2.24, 2.45) is 10.9 Å². The van der Waals surface area contributed by atoms with Crippen LogP contribution in [0.3, 0.4) is 0 Å². The Morgan fingerprint density at radius 3 is 2.71 bits per heavy atom. The molecule has 5 heteroatoms. The summed E-state index contributed by atoms with van der Waals surface area (Å²) < 4.78 is 5.70. The molecular weight excluding hydrogens is 266 g/mol. The number of aliphatic hydroxyl groups is 1. The molecule has 0 bridgehead atoms. The van der Waals surface area contributed by atoms with Crippen LogP contribution in [0.15, 0.2) is 35.3 Å². The number of ether oxygens (including phenoxy) is 1. The summed E-state index contributed by atoms with van der Waals surface area (Å²) >= 11 is 0. The van der Waals surface area contributed by atoms with Crippen molar-refractivity contribution < 1.29 is 9.84 Å². The Bertz CT molecular complexity index is 396. The van der Waals surface area contributed by atoms with E-state index in [4.69, 9.17) is 9.84 Å². The maximum absolute atomic E-state index is 8.82. The van der Waals surface area contributed by atoms with Crippen molar-refractivity contribution in [3.8, 4) is 0 Å². The minimum atomic E-state index is 0.0974. The Morgan fingerprint density at radius 1 is 1.29 bits per heavy atom. The number of hydrogen-bond acceptors (Lipinski definition) is 3. The number of nitrogens with zero attached hydrogens (tertiary/aromatic N) is 1. The standard InChI is InChI=1S/C16H27N3O2/c1-3-17-16(18-9-10-20)19-11-14(2)12-21-13-15-7-5-4-6-8-15/h4-8,14,20H,3,9-13H2,1-2H3,(H2,17,18,19). The summed E-state index contributed by atoms with van der Waals surface area (Å²) in [6.45, 7) is 7.54. The van der Waals surface area contributed by atoms with Crippen molar-refractivity contribution in [3.05, 3.63) is 35.9 Å². The minimum absolute atomic E-state index is 0.0974. The highest BCUT2D eigenvalue weighted by molar-refractivity contribution is 5.79. The van der Waals surface area contributed by atoms with Gasteiger partial charge in [-0.25, -0.2) is 0 Å². The lowest BCUT2D eigenvalue weighted by atomic mass is 10.2. The number of benzene rings is 1. The normalized spacial score (nSPS) is 13.0. The predicted molar refractivity (Wildman–Crippen MR) is 86.3 cm³/mol. The number of rotatable bonds is 9. The maximum atomic E-state index is 8.82. The van der Waals surface area contributed by atoms with Gasteiger partial charge in [-0.3, -0.25) is 4.99 Å². The molecule has 0 saturated carbocycles. The molecule has 0 aliphatic rings. The topological polar surface area (TPSA) is 65.9 Å². The van der Waals surface area contributed by atoms with Crippen LogP contribution < -0.4 is 10.6 Å². The fourth-order valence-electron chi connectivity index (χ4n) is 1.77. The molecule has 0 fully saturated rings. The molecule has 3 N–H and O–H groups in total. The minimum Gasteiger partial charge on any atom is -0.395 e. The lowest BCUT2D eigenvalue weighted by Gasteiger charge is -2.13. The summed E-state index contributed by atoms with van der Waals surface area (Å²) in [5, 5.41) is 15.0. The third-order valence-corrected chi connectivity index (χ3v) is 2.82. The van der Waals surface area contributed by atoms with Gasteiger partial charge in [-0.15, -0.1) is 0 Å². The van der Waals surface area contributed by atoms with Crippen molar-refractivity contribution >= 4 is 5.96 Å². The average molecular weight is 293 g/mol. The van der Waals surface area contributed by atoms with Gasteiger partial charge in [-0.05, 0) is 18.4 Å². The maximum Gasteiger partial charge on any atom is 0.191 e. The van der Waals surface area contributed by atoms with Crippen LogP contribution in [0.2, 0.25) is 0 Å². The summed E-state index contributed by atoms with van der Waals surface area (Å²) in [4.78, 5) is 4.48. The molecule has 0 spiro atoms. The van der Waals surface area contributed by atoms with E-state index in [1.54, 1.807) is 0 Å². The monoisotopic (exact) mass is 293 g/mol. The van der Waals surface area contributed by atoms with Crippen LogP contribution in [-0.4, -0.2) is 43.9 Å². The predicted octanol–water partition coefficient (Wildman–Crippen LogP) is 1.39. The van der Waals surface area contributed by atoms with Gasteiger partial charge < -0.3 is 20.5 Å². The highest BCUT2D eigenvalue weighted by Crippen LogP contribution is 2.03. The molecule has 1 rings (SSSR count). The summed E-state index contributed by atoms with van der Waals surface area (Å²) in [7, 11) is 0. The van der Waals surface area contributed by atoms with Gasteiger partial charge in [0.1, 0.15) is 0 Å². The molecule has 0 aliphatic heterocycles. The fraction of sp³-hybridized carbons (Fsp3) is 0.562. The molecular formula is C16H27N3O2. The molecule has 21 heavy (non-hydrogen) atoms. The van der Waals surface area contributed by atoms with Crippen molar-refractivity contribution in [1.29, 1.82) is 0 Å². The number of aliphatic imine (C=N–C) groups is 1. The third-order valence-electron chi connectivity index (χ3n) is 2.82. The Kier molecular flexibility index (Phi) is 9.24. The molecule has 0 aromatic heterocycles. The lowest BCUT2D eigenvalue weighted by molar-refractivity contribution is 0.0945. The SMILES string of the molecule is CCNC(=NCC(C)COCc1ccccc1)NCCO. The van der Waals surface area contributed by atoms with E-state index in [0.29, 0.717) is 32.2 Å². The van der Waals surface area contributed by atoms with E-state index in [1.165, 1.54) is 5.56 Å². The molecule has 1 atom stereocenters. The van der Waals surface area contributed by atoms with Crippen LogP contribution in [0, 0.1) is 5.92 Å². The van der Waals surface area contributed by atoms with E-state index in [0.717, 1.165) is 12.5 Å². The highest BCUT2D eigenvalue weighted by Gasteiger charge is 2.03. The van der Waals surface area contributed by atoms with E-state index in [1.807, 2.05) is 25.1 Å². The summed E-state index contributed by atoms with van der Waals surface area (Å²) in [6.07, 6.45) is 0. The Balaban J connectivity index is 2.26. The first-order valence-electron chi connectivity index (χ1n) is 7.51. The van der Waals surface area contributed by atoms with Gasteiger partial charge in [0.05, 0.1) is 19.8 Å². The van der Waals surface area contributed by atoms with Crippen LogP contribution in [0.5, 0.6) is 0 Å². The molecule has 0 radical (unpaired) electrons. The number of aliphatic hydroxyl groups excluding tert-OH is 1. The molecule has 0 heterocycles. The molecule has 5 nitrogen and oxygen atoms in total. The van der Waals surface area contributed by atoms with Gasteiger partial charge in [0.25, 0.3) is 0 Å². The van der Waals surface area contributed by atoms with Gasteiger partial charge in [0, 0.05) is 19.6 Å². The quantitative estimate of drug-likeness (QED) is 0.475. The summed E-state index contributed by atoms with van der Waals surface area (Å²) in [5.41, 5.74) is 1.19. The van der Waals surface area contributed by atoms with E-state index < -0.39 is 0 Å². The van der Waals surface area contributed by atoms with E-state index in [2.05, 4.69) is 34.7 Å². The number of nitrogens with one attached hydrogen (secondary N) is 2. The molecule has 1 aromatic rings. The zero-order valence-electron chi connectivity index (χ0n) is 13.0. The van der Waals surface area contributed by atoms with Crippen molar-refractivity contribution in [2.75, 3.05) is 32.8 Å². The van der Waals surface area contributed by atoms with Crippen LogP contribution in [0.1, 0.15) is 19.4 Å². The fourth-order valence-corrected chi connectivity index (χ4v) is 1.77. The summed E-state index contributed by atoms with van der Waals surface area (Å²) in [6, 6.07) is 10.2. The molecule has 1 unspecified atom stereocenters.